The SMILES string of the molecule is CN1CCCCC1CCSc1ccccc1N. The average molecular weight is 250 g/mol. The normalized spacial score (nSPS) is 21.6. The van der Waals surface area contributed by atoms with Crippen molar-refractivity contribution in [1.82, 2.24) is 4.90 Å². The molecule has 1 saturated heterocycles. The van der Waals surface area contributed by atoms with Crippen LogP contribution < -0.4 is 5.73 Å². The van der Waals surface area contributed by atoms with Gasteiger partial charge in [0.15, 0.2) is 0 Å². The fraction of sp³-hybridized carbons (Fsp3) is 0.571. The monoisotopic (exact) mass is 250 g/mol. The number of piperidine rings is 1. The summed E-state index contributed by atoms with van der Waals surface area (Å²) in [6, 6.07) is 8.93. The van der Waals surface area contributed by atoms with Gasteiger partial charge in [0, 0.05) is 16.6 Å². The summed E-state index contributed by atoms with van der Waals surface area (Å²) in [5.41, 5.74) is 6.85. The molecule has 2 nitrogen and oxygen atoms in total. The number of anilines is 1. The predicted octanol–water partition coefficient (Wildman–Crippen LogP) is 3.24. The molecule has 17 heavy (non-hydrogen) atoms. The molecule has 1 aliphatic rings. The fourth-order valence-electron chi connectivity index (χ4n) is 2.43. The second kappa shape index (κ2) is 6.31. The number of thioether (sulfide) groups is 1. The van der Waals surface area contributed by atoms with E-state index in [9.17, 15) is 0 Å². The average Bonchev–Trinajstić information content (AvgIpc) is 2.34. The maximum Gasteiger partial charge on any atom is 0.0452 e. The molecule has 0 saturated carbocycles. The Morgan fingerprint density at radius 3 is 2.94 bits per heavy atom. The van der Waals surface area contributed by atoms with E-state index in [0.717, 1.165) is 11.7 Å². The Kier molecular flexibility index (Phi) is 4.75. The summed E-state index contributed by atoms with van der Waals surface area (Å²) < 4.78 is 0. The molecule has 0 aliphatic carbocycles. The number of nitrogens with zero attached hydrogens (tertiary/aromatic N) is 1. The Morgan fingerprint density at radius 2 is 2.18 bits per heavy atom. The quantitative estimate of drug-likeness (QED) is 0.657. The van der Waals surface area contributed by atoms with Gasteiger partial charge in [0.25, 0.3) is 0 Å². The van der Waals surface area contributed by atoms with E-state index in [1.807, 2.05) is 23.9 Å². The van der Waals surface area contributed by atoms with Gasteiger partial charge in [0.2, 0.25) is 0 Å². The van der Waals surface area contributed by atoms with Crippen LogP contribution in [0, 0.1) is 0 Å². The van der Waals surface area contributed by atoms with Gasteiger partial charge in [-0.05, 0) is 50.7 Å². The Bertz CT molecular complexity index is 354. The first-order valence-corrected chi connectivity index (χ1v) is 7.43. The minimum Gasteiger partial charge on any atom is -0.398 e. The van der Waals surface area contributed by atoms with Gasteiger partial charge in [0.1, 0.15) is 0 Å². The number of hydrogen-bond acceptors (Lipinski definition) is 3. The molecule has 0 spiro atoms. The third-order valence-corrected chi connectivity index (χ3v) is 4.67. The zero-order chi connectivity index (χ0) is 12.1. The standard InChI is InChI=1S/C14H22N2S/c1-16-10-5-4-6-12(16)9-11-17-14-8-3-2-7-13(14)15/h2-3,7-8,12H,4-6,9-11,15H2,1H3. The number of para-hydroxylation sites is 1. The van der Waals surface area contributed by atoms with Crippen molar-refractivity contribution in [1.29, 1.82) is 0 Å². The molecule has 1 aliphatic heterocycles. The predicted molar refractivity (Wildman–Crippen MR) is 76.5 cm³/mol. The first-order valence-electron chi connectivity index (χ1n) is 6.45. The van der Waals surface area contributed by atoms with Gasteiger partial charge < -0.3 is 10.6 Å². The number of nitrogen functional groups attached to an aromatic ring is 1. The van der Waals surface area contributed by atoms with E-state index < -0.39 is 0 Å². The Hall–Kier alpha value is -0.670. The number of likely N-dealkylation sites (tertiary alicyclic amines) is 1. The highest BCUT2D eigenvalue weighted by atomic mass is 32.2. The van der Waals surface area contributed by atoms with Crippen LogP contribution in [0.4, 0.5) is 5.69 Å². The molecule has 2 N–H and O–H groups in total. The van der Waals surface area contributed by atoms with Crippen molar-refractivity contribution >= 4 is 17.4 Å². The number of nitrogens with two attached hydrogens (primary N) is 1. The fourth-order valence-corrected chi connectivity index (χ4v) is 3.45. The van der Waals surface area contributed by atoms with Crippen molar-refractivity contribution in [2.45, 2.75) is 36.6 Å². The molecular weight excluding hydrogens is 228 g/mol. The van der Waals surface area contributed by atoms with E-state index in [1.165, 1.54) is 42.9 Å². The minimum absolute atomic E-state index is 0.779. The molecular formula is C14H22N2S. The van der Waals surface area contributed by atoms with E-state index in [0.29, 0.717) is 0 Å². The van der Waals surface area contributed by atoms with Crippen molar-refractivity contribution in [2.75, 3.05) is 25.1 Å². The molecule has 1 fully saturated rings. The van der Waals surface area contributed by atoms with Crippen LogP contribution in [0.1, 0.15) is 25.7 Å². The largest absolute Gasteiger partial charge is 0.398 e. The topological polar surface area (TPSA) is 29.3 Å². The van der Waals surface area contributed by atoms with E-state index in [-0.39, 0.29) is 0 Å². The molecule has 0 aromatic heterocycles. The van der Waals surface area contributed by atoms with Crippen molar-refractivity contribution in [3.8, 4) is 0 Å². The molecule has 0 amide bonds. The summed E-state index contributed by atoms with van der Waals surface area (Å²) in [6.07, 6.45) is 5.40. The lowest BCUT2D eigenvalue weighted by atomic mass is 10.0. The lowest BCUT2D eigenvalue weighted by Gasteiger charge is -2.32. The zero-order valence-electron chi connectivity index (χ0n) is 10.6. The van der Waals surface area contributed by atoms with E-state index in [4.69, 9.17) is 5.73 Å². The van der Waals surface area contributed by atoms with Crippen LogP contribution in [0.3, 0.4) is 0 Å². The molecule has 0 bridgehead atoms. The highest BCUT2D eigenvalue weighted by molar-refractivity contribution is 7.99. The maximum atomic E-state index is 5.94. The van der Waals surface area contributed by atoms with Gasteiger partial charge in [0.05, 0.1) is 0 Å². The summed E-state index contributed by atoms with van der Waals surface area (Å²) in [4.78, 5) is 3.74. The zero-order valence-corrected chi connectivity index (χ0v) is 11.4. The first kappa shape index (κ1) is 12.8. The Labute approximate surface area is 109 Å². The molecule has 1 unspecified atom stereocenters. The van der Waals surface area contributed by atoms with Gasteiger partial charge >= 0.3 is 0 Å². The molecule has 2 rings (SSSR count). The summed E-state index contributed by atoms with van der Waals surface area (Å²) in [5, 5.41) is 0. The molecule has 0 radical (unpaired) electrons. The van der Waals surface area contributed by atoms with E-state index in [1.54, 1.807) is 0 Å². The van der Waals surface area contributed by atoms with Gasteiger partial charge in [-0.15, -0.1) is 11.8 Å². The van der Waals surface area contributed by atoms with Crippen LogP contribution >= 0.6 is 11.8 Å². The van der Waals surface area contributed by atoms with Crippen LogP contribution in [-0.2, 0) is 0 Å². The third-order valence-electron chi connectivity index (χ3n) is 3.55. The molecule has 1 aromatic rings. The highest BCUT2D eigenvalue weighted by Crippen LogP contribution is 2.27. The number of rotatable bonds is 4. The van der Waals surface area contributed by atoms with E-state index in [2.05, 4.69) is 24.1 Å². The molecule has 1 aromatic carbocycles. The molecule has 94 valence electrons. The van der Waals surface area contributed by atoms with Crippen LogP contribution in [0.2, 0.25) is 0 Å². The van der Waals surface area contributed by atoms with Crippen molar-refractivity contribution in [2.24, 2.45) is 0 Å². The van der Waals surface area contributed by atoms with Crippen LogP contribution in [0.15, 0.2) is 29.2 Å². The van der Waals surface area contributed by atoms with Crippen molar-refractivity contribution < 1.29 is 0 Å². The van der Waals surface area contributed by atoms with Crippen LogP contribution in [0.5, 0.6) is 0 Å². The lowest BCUT2D eigenvalue weighted by molar-refractivity contribution is 0.182. The second-order valence-corrected chi connectivity index (χ2v) is 5.94. The van der Waals surface area contributed by atoms with E-state index >= 15 is 0 Å². The minimum atomic E-state index is 0.779. The third kappa shape index (κ3) is 3.65. The summed E-state index contributed by atoms with van der Waals surface area (Å²) >= 11 is 1.89. The van der Waals surface area contributed by atoms with Crippen LogP contribution in [0.25, 0.3) is 0 Å². The highest BCUT2D eigenvalue weighted by Gasteiger charge is 2.18. The second-order valence-electron chi connectivity index (χ2n) is 4.81. The summed E-state index contributed by atoms with van der Waals surface area (Å²) in [5.74, 6) is 1.17. The Balaban J connectivity index is 1.77. The molecule has 1 heterocycles. The van der Waals surface area contributed by atoms with Crippen molar-refractivity contribution in [3.63, 3.8) is 0 Å². The van der Waals surface area contributed by atoms with Gasteiger partial charge in [-0.25, -0.2) is 0 Å². The molecule has 1 atom stereocenters. The first-order chi connectivity index (χ1) is 8.27. The smallest absolute Gasteiger partial charge is 0.0452 e. The molecule has 3 heteroatoms. The van der Waals surface area contributed by atoms with Crippen molar-refractivity contribution in [3.05, 3.63) is 24.3 Å². The number of hydrogen-bond donors (Lipinski definition) is 1. The lowest BCUT2D eigenvalue weighted by Crippen LogP contribution is -2.36. The van der Waals surface area contributed by atoms with Gasteiger partial charge in [-0.1, -0.05) is 18.6 Å². The van der Waals surface area contributed by atoms with Gasteiger partial charge in [-0.3, -0.25) is 0 Å². The van der Waals surface area contributed by atoms with Crippen LogP contribution in [-0.4, -0.2) is 30.3 Å². The summed E-state index contributed by atoms with van der Waals surface area (Å²) in [6.45, 7) is 1.27. The number of benzene rings is 1. The Morgan fingerprint density at radius 1 is 1.35 bits per heavy atom. The van der Waals surface area contributed by atoms with Gasteiger partial charge in [-0.2, -0.15) is 0 Å². The summed E-state index contributed by atoms with van der Waals surface area (Å²) in [7, 11) is 2.26. The maximum absolute atomic E-state index is 5.94.